The highest BCUT2D eigenvalue weighted by Gasteiger charge is 2.36. The van der Waals surface area contributed by atoms with Gasteiger partial charge in [-0.3, -0.25) is 14.7 Å². The molecule has 22 heavy (non-hydrogen) atoms. The Kier molecular flexibility index (Phi) is 4.90. The van der Waals surface area contributed by atoms with Gasteiger partial charge in [0.15, 0.2) is 0 Å². The quantitative estimate of drug-likeness (QED) is 0.858. The molecule has 116 valence electrons. The first-order valence-corrected chi connectivity index (χ1v) is 8.90. The molecule has 2 aromatic rings. The zero-order valence-corrected chi connectivity index (χ0v) is 14.4. The van der Waals surface area contributed by atoms with Gasteiger partial charge in [0, 0.05) is 23.2 Å². The lowest BCUT2D eigenvalue weighted by atomic mass is 10.1. The Balaban J connectivity index is 1.90. The number of carboxylic acid groups (broad SMARTS) is 1. The molecule has 0 radical (unpaired) electrons. The van der Waals surface area contributed by atoms with Crippen LogP contribution in [0.15, 0.2) is 40.3 Å². The number of pyridine rings is 1. The van der Waals surface area contributed by atoms with Crippen LogP contribution in [0, 0.1) is 0 Å². The molecule has 1 aliphatic rings. The molecule has 0 aromatic carbocycles. The number of likely N-dealkylation sites (tertiary alicyclic amines) is 1. The van der Waals surface area contributed by atoms with E-state index in [1.54, 1.807) is 17.5 Å². The van der Waals surface area contributed by atoms with Gasteiger partial charge in [-0.05, 0) is 59.6 Å². The summed E-state index contributed by atoms with van der Waals surface area (Å²) < 4.78 is 1.07. The van der Waals surface area contributed by atoms with Crippen molar-refractivity contribution in [1.82, 2.24) is 9.88 Å². The van der Waals surface area contributed by atoms with Crippen molar-refractivity contribution in [1.29, 1.82) is 0 Å². The minimum absolute atomic E-state index is 0.0646. The Bertz CT molecular complexity index is 647. The summed E-state index contributed by atoms with van der Waals surface area (Å²) in [5.41, 5.74) is 0.994. The molecule has 2 atom stereocenters. The van der Waals surface area contributed by atoms with Crippen LogP contribution < -0.4 is 0 Å². The molecule has 0 bridgehead atoms. The van der Waals surface area contributed by atoms with E-state index >= 15 is 0 Å². The molecule has 0 amide bonds. The van der Waals surface area contributed by atoms with E-state index in [9.17, 15) is 9.90 Å². The highest BCUT2D eigenvalue weighted by atomic mass is 79.9. The lowest BCUT2D eigenvalue weighted by molar-refractivity contribution is -0.143. The van der Waals surface area contributed by atoms with Crippen LogP contribution in [0.3, 0.4) is 0 Å². The smallest absolute Gasteiger partial charge is 0.320 e. The Morgan fingerprint density at radius 2 is 2.32 bits per heavy atom. The van der Waals surface area contributed by atoms with Crippen LogP contribution in [-0.2, 0) is 11.2 Å². The molecule has 1 N–H and O–H groups in total. The first-order valence-electron chi connectivity index (χ1n) is 7.29. The molecule has 1 saturated heterocycles. The lowest BCUT2D eigenvalue weighted by Gasteiger charge is -2.30. The minimum atomic E-state index is -0.723. The highest BCUT2D eigenvalue weighted by Crippen LogP contribution is 2.36. The maximum absolute atomic E-state index is 11.5. The number of thiophene rings is 1. The summed E-state index contributed by atoms with van der Waals surface area (Å²) >= 11 is 5.18. The van der Waals surface area contributed by atoms with E-state index in [-0.39, 0.29) is 6.04 Å². The van der Waals surface area contributed by atoms with Gasteiger partial charge in [0.25, 0.3) is 0 Å². The second kappa shape index (κ2) is 6.89. The molecule has 3 heterocycles. The maximum atomic E-state index is 11.5. The molecule has 2 aromatic heterocycles. The molecule has 3 rings (SSSR count). The molecule has 2 unspecified atom stereocenters. The van der Waals surface area contributed by atoms with Gasteiger partial charge >= 0.3 is 5.97 Å². The monoisotopic (exact) mass is 380 g/mol. The van der Waals surface area contributed by atoms with Crippen LogP contribution >= 0.6 is 27.3 Å². The van der Waals surface area contributed by atoms with Gasteiger partial charge in [-0.1, -0.05) is 6.07 Å². The lowest BCUT2D eigenvalue weighted by Crippen LogP contribution is -2.39. The van der Waals surface area contributed by atoms with Crippen LogP contribution in [-0.4, -0.2) is 33.5 Å². The predicted octanol–water partition coefficient (Wildman–Crippen LogP) is 3.74. The zero-order valence-electron chi connectivity index (χ0n) is 12.0. The largest absolute Gasteiger partial charge is 0.480 e. The highest BCUT2D eigenvalue weighted by molar-refractivity contribution is 9.11. The van der Waals surface area contributed by atoms with Crippen molar-refractivity contribution < 1.29 is 9.90 Å². The van der Waals surface area contributed by atoms with Crippen LogP contribution in [0.5, 0.6) is 0 Å². The summed E-state index contributed by atoms with van der Waals surface area (Å²) in [4.78, 5) is 19.3. The number of halogens is 1. The molecular formula is C16H17BrN2O2S. The SMILES string of the molecule is O=C(O)C1CCCN1C(Cc1ccccn1)c1ccc(Br)s1. The van der Waals surface area contributed by atoms with Gasteiger partial charge in [0.05, 0.1) is 9.83 Å². The van der Waals surface area contributed by atoms with Gasteiger partial charge in [0.2, 0.25) is 0 Å². The van der Waals surface area contributed by atoms with Crippen molar-refractivity contribution in [2.24, 2.45) is 0 Å². The summed E-state index contributed by atoms with van der Waals surface area (Å²) in [6.45, 7) is 0.823. The normalized spacial score (nSPS) is 20.1. The first-order chi connectivity index (χ1) is 10.6. The zero-order chi connectivity index (χ0) is 15.5. The molecule has 0 spiro atoms. The summed E-state index contributed by atoms with van der Waals surface area (Å²) in [7, 11) is 0. The Morgan fingerprint density at radius 1 is 1.45 bits per heavy atom. The second-order valence-electron chi connectivity index (χ2n) is 5.42. The summed E-state index contributed by atoms with van der Waals surface area (Å²) in [6, 6.07) is 9.65. The topological polar surface area (TPSA) is 53.4 Å². The third-order valence-corrected chi connectivity index (χ3v) is 5.76. The molecule has 4 nitrogen and oxygen atoms in total. The van der Waals surface area contributed by atoms with E-state index in [2.05, 4.69) is 31.9 Å². The maximum Gasteiger partial charge on any atom is 0.320 e. The van der Waals surface area contributed by atoms with Gasteiger partial charge in [-0.25, -0.2) is 0 Å². The molecule has 6 heteroatoms. The number of carboxylic acids is 1. The fourth-order valence-corrected chi connectivity index (χ4v) is 4.58. The summed E-state index contributed by atoms with van der Waals surface area (Å²) in [6.07, 6.45) is 4.18. The van der Waals surface area contributed by atoms with Crippen molar-refractivity contribution in [3.8, 4) is 0 Å². The van der Waals surface area contributed by atoms with Gasteiger partial charge in [-0.2, -0.15) is 0 Å². The van der Waals surface area contributed by atoms with E-state index in [0.717, 1.165) is 35.3 Å². The van der Waals surface area contributed by atoms with Crippen molar-refractivity contribution in [3.63, 3.8) is 0 Å². The van der Waals surface area contributed by atoms with Gasteiger partial charge < -0.3 is 5.11 Å². The number of nitrogens with zero attached hydrogens (tertiary/aromatic N) is 2. The average Bonchev–Trinajstić information content (AvgIpc) is 3.15. The van der Waals surface area contributed by atoms with Crippen LogP contribution in [0.2, 0.25) is 0 Å². The predicted molar refractivity (Wildman–Crippen MR) is 90.1 cm³/mol. The second-order valence-corrected chi connectivity index (χ2v) is 7.91. The molecule has 0 saturated carbocycles. The van der Waals surface area contributed by atoms with Crippen molar-refractivity contribution in [3.05, 3.63) is 50.9 Å². The third kappa shape index (κ3) is 3.39. The standard InChI is InChI=1S/C16H17BrN2O2S/c17-15-7-6-14(22-15)13(10-11-4-1-2-8-18-11)19-9-3-5-12(19)16(20)21/h1-2,4,6-8,12-13H,3,5,9-10H2,(H,20,21). The van der Waals surface area contributed by atoms with Crippen LogP contribution in [0.4, 0.5) is 0 Å². The van der Waals surface area contributed by atoms with E-state index in [1.165, 1.54) is 4.88 Å². The third-order valence-electron chi connectivity index (χ3n) is 4.03. The minimum Gasteiger partial charge on any atom is -0.480 e. The number of hydrogen-bond donors (Lipinski definition) is 1. The molecular weight excluding hydrogens is 364 g/mol. The molecule has 1 fully saturated rings. The van der Waals surface area contributed by atoms with E-state index in [0.29, 0.717) is 0 Å². The van der Waals surface area contributed by atoms with Crippen molar-refractivity contribution >= 4 is 33.2 Å². The van der Waals surface area contributed by atoms with Crippen LogP contribution in [0.1, 0.15) is 29.5 Å². The number of hydrogen-bond acceptors (Lipinski definition) is 4. The van der Waals surface area contributed by atoms with Crippen molar-refractivity contribution in [2.75, 3.05) is 6.54 Å². The fourth-order valence-electron chi connectivity index (χ4n) is 3.03. The number of aromatic nitrogens is 1. The van der Waals surface area contributed by atoms with E-state index < -0.39 is 12.0 Å². The first kappa shape index (κ1) is 15.6. The number of aliphatic carboxylic acids is 1. The van der Waals surface area contributed by atoms with Gasteiger partial charge in [-0.15, -0.1) is 11.3 Å². The van der Waals surface area contributed by atoms with E-state index in [1.807, 2.05) is 24.3 Å². The summed E-state index contributed by atoms with van der Waals surface area (Å²) in [5.74, 6) is -0.723. The number of carbonyl (C=O) groups is 1. The van der Waals surface area contributed by atoms with Crippen molar-refractivity contribution in [2.45, 2.75) is 31.3 Å². The van der Waals surface area contributed by atoms with E-state index in [4.69, 9.17) is 0 Å². The Hall–Kier alpha value is -1.24. The molecule has 1 aliphatic heterocycles. The summed E-state index contributed by atoms with van der Waals surface area (Å²) in [5, 5.41) is 9.49. The Labute approximate surface area is 141 Å². The Morgan fingerprint density at radius 3 is 2.95 bits per heavy atom. The van der Waals surface area contributed by atoms with Gasteiger partial charge in [0.1, 0.15) is 6.04 Å². The fraction of sp³-hybridized carbons (Fsp3) is 0.375. The average molecular weight is 381 g/mol. The van der Waals surface area contributed by atoms with Crippen LogP contribution in [0.25, 0.3) is 0 Å². The molecule has 0 aliphatic carbocycles. The number of rotatable bonds is 5.